The van der Waals surface area contributed by atoms with Crippen molar-refractivity contribution >= 4 is 5.96 Å². The van der Waals surface area contributed by atoms with Crippen LogP contribution in [0.4, 0.5) is 0 Å². The minimum Gasteiger partial charge on any atom is -0.379 e. The number of guanidine groups is 1. The summed E-state index contributed by atoms with van der Waals surface area (Å²) in [6.45, 7) is 13.1. The molecule has 7 heteroatoms. The molecule has 7 nitrogen and oxygen atoms in total. The van der Waals surface area contributed by atoms with Crippen molar-refractivity contribution in [1.82, 2.24) is 20.4 Å². The van der Waals surface area contributed by atoms with Crippen LogP contribution in [-0.2, 0) is 16.0 Å². The molecule has 1 atom stereocenters. The lowest BCUT2D eigenvalue weighted by atomic mass is 10.1. The fourth-order valence-electron chi connectivity index (χ4n) is 4.39. The largest absolute Gasteiger partial charge is 0.379 e. The predicted molar refractivity (Wildman–Crippen MR) is 131 cm³/mol. The van der Waals surface area contributed by atoms with Gasteiger partial charge in [0.15, 0.2) is 5.96 Å². The van der Waals surface area contributed by atoms with E-state index in [0.717, 1.165) is 97.4 Å². The Morgan fingerprint density at radius 3 is 2.56 bits per heavy atom. The summed E-state index contributed by atoms with van der Waals surface area (Å²) >= 11 is 0. The maximum absolute atomic E-state index is 6.14. The number of rotatable bonds is 11. The van der Waals surface area contributed by atoms with Crippen LogP contribution in [0, 0.1) is 5.92 Å². The van der Waals surface area contributed by atoms with Gasteiger partial charge in [0.1, 0.15) is 0 Å². The molecule has 0 bridgehead atoms. The summed E-state index contributed by atoms with van der Waals surface area (Å²) in [5.41, 5.74) is 1.40. The first-order valence-corrected chi connectivity index (χ1v) is 12.4. The van der Waals surface area contributed by atoms with Crippen LogP contribution in [0.2, 0.25) is 0 Å². The number of benzene rings is 1. The minimum absolute atomic E-state index is 0.403. The van der Waals surface area contributed by atoms with E-state index in [1.54, 1.807) is 0 Å². The van der Waals surface area contributed by atoms with Gasteiger partial charge < -0.3 is 20.1 Å². The van der Waals surface area contributed by atoms with Crippen LogP contribution >= 0.6 is 0 Å². The van der Waals surface area contributed by atoms with Gasteiger partial charge in [-0.25, -0.2) is 0 Å². The highest BCUT2D eigenvalue weighted by Crippen LogP contribution is 2.16. The Labute approximate surface area is 194 Å². The first-order valence-electron chi connectivity index (χ1n) is 12.4. The van der Waals surface area contributed by atoms with Gasteiger partial charge in [0.25, 0.3) is 0 Å². The van der Waals surface area contributed by atoms with Gasteiger partial charge in [-0.05, 0) is 30.7 Å². The summed E-state index contributed by atoms with van der Waals surface area (Å²) in [6.07, 6.45) is 3.66. The Balaban J connectivity index is 1.20. The van der Waals surface area contributed by atoms with Crippen molar-refractivity contribution in [3.05, 3.63) is 35.9 Å². The van der Waals surface area contributed by atoms with E-state index in [1.165, 1.54) is 5.56 Å². The summed E-state index contributed by atoms with van der Waals surface area (Å²) in [6, 6.07) is 10.7. The van der Waals surface area contributed by atoms with Crippen molar-refractivity contribution in [2.24, 2.45) is 10.9 Å². The third-order valence-corrected chi connectivity index (χ3v) is 6.27. The van der Waals surface area contributed by atoms with Crippen molar-refractivity contribution in [1.29, 1.82) is 0 Å². The molecule has 2 fully saturated rings. The van der Waals surface area contributed by atoms with Crippen molar-refractivity contribution in [3.8, 4) is 0 Å². The molecule has 2 aliphatic heterocycles. The zero-order valence-electron chi connectivity index (χ0n) is 20.1. The van der Waals surface area contributed by atoms with Crippen LogP contribution in [0.1, 0.15) is 31.7 Å². The van der Waals surface area contributed by atoms with Gasteiger partial charge >= 0.3 is 0 Å². The second-order valence-electron chi connectivity index (χ2n) is 9.08. The third kappa shape index (κ3) is 9.45. The zero-order valence-corrected chi connectivity index (χ0v) is 20.1. The number of aliphatic imine (C=N–C) groups is 1. The number of nitrogens with one attached hydrogen (secondary N) is 2. The van der Waals surface area contributed by atoms with Crippen LogP contribution in [-0.4, -0.2) is 94.5 Å². The minimum atomic E-state index is 0.403. The average Bonchev–Trinajstić information content (AvgIpc) is 2.83. The van der Waals surface area contributed by atoms with E-state index >= 15 is 0 Å². The van der Waals surface area contributed by atoms with E-state index in [0.29, 0.717) is 12.0 Å². The number of hydrogen-bond acceptors (Lipinski definition) is 5. The maximum atomic E-state index is 6.14. The van der Waals surface area contributed by atoms with Crippen LogP contribution < -0.4 is 10.6 Å². The van der Waals surface area contributed by atoms with E-state index < -0.39 is 0 Å². The molecule has 0 radical (unpaired) electrons. The van der Waals surface area contributed by atoms with Crippen LogP contribution in [0.25, 0.3) is 0 Å². The summed E-state index contributed by atoms with van der Waals surface area (Å²) in [4.78, 5) is 9.37. The number of hydrogen-bond donors (Lipinski definition) is 2. The monoisotopic (exact) mass is 445 g/mol. The fourth-order valence-corrected chi connectivity index (χ4v) is 4.39. The molecule has 0 aliphatic carbocycles. The van der Waals surface area contributed by atoms with E-state index in [-0.39, 0.29) is 0 Å². The number of piperidine rings is 1. The first-order chi connectivity index (χ1) is 15.7. The van der Waals surface area contributed by atoms with E-state index in [1.807, 2.05) is 7.05 Å². The van der Waals surface area contributed by atoms with Gasteiger partial charge in [-0.2, -0.15) is 0 Å². The quantitative estimate of drug-likeness (QED) is 0.309. The van der Waals surface area contributed by atoms with Gasteiger partial charge in [0.2, 0.25) is 0 Å². The summed E-state index contributed by atoms with van der Waals surface area (Å²) in [7, 11) is 1.84. The van der Waals surface area contributed by atoms with Gasteiger partial charge in [0, 0.05) is 66.0 Å². The lowest BCUT2D eigenvalue weighted by molar-refractivity contribution is 0.00534. The summed E-state index contributed by atoms with van der Waals surface area (Å²) in [5.74, 6) is 1.45. The van der Waals surface area contributed by atoms with E-state index in [4.69, 9.17) is 9.47 Å². The Morgan fingerprint density at radius 2 is 1.84 bits per heavy atom. The molecule has 2 saturated heterocycles. The molecule has 0 amide bonds. The number of nitrogens with zero attached hydrogens (tertiary/aromatic N) is 3. The van der Waals surface area contributed by atoms with Crippen molar-refractivity contribution in [3.63, 3.8) is 0 Å². The number of ether oxygens (including phenoxy) is 2. The highest BCUT2D eigenvalue weighted by atomic mass is 16.5. The van der Waals surface area contributed by atoms with E-state index in [9.17, 15) is 0 Å². The Hall–Kier alpha value is -1.67. The van der Waals surface area contributed by atoms with Crippen LogP contribution in [0.5, 0.6) is 0 Å². The molecule has 32 heavy (non-hydrogen) atoms. The molecule has 2 heterocycles. The molecule has 2 aliphatic rings. The Bertz CT molecular complexity index is 643. The molecule has 0 saturated carbocycles. The highest BCUT2D eigenvalue weighted by molar-refractivity contribution is 5.79. The van der Waals surface area contributed by atoms with Crippen LogP contribution in [0.3, 0.4) is 0 Å². The average molecular weight is 446 g/mol. The Morgan fingerprint density at radius 1 is 1.09 bits per heavy atom. The van der Waals surface area contributed by atoms with Gasteiger partial charge in [0.05, 0.1) is 19.3 Å². The molecule has 2 N–H and O–H groups in total. The molecular formula is C25H43N5O2. The van der Waals surface area contributed by atoms with E-state index in [2.05, 4.69) is 62.7 Å². The highest BCUT2D eigenvalue weighted by Gasteiger charge is 2.19. The lowest BCUT2D eigenvalue weighted by Crippen LogP contribution is -2.44. The number of morpholine rings is 1. The second kappa shape index (κ2) is 14.5. The predicted octanol–water partition coefficient (Wildman–Crippen LogP) is 2.19. The molecule has 0 spiro atoms. The first kappa shape index (κ1) is 25.0. The normalized spacial score (nSPS) is 20.2. The van der Waals surface area contributed by atoms with Crippen molar-refractivity contribution < 1.29 is 9.47 Å². The van der Waals surface area contributed by atoms with Gasteiger partial charge in [-0.3, -0.25) is 14.8 Å². The fraction of sp³-hybridized carbons (Fsp3) is 0.720. The molecular weight excluding hydrogens is 402 g/mol. The molecule has 180 valence electrons. The molecule has 1 unspecified atom stereocenters. The third-order valence-electron chi connectivity index (χ3n) is 6.27. The van der Waals surface area contributed by atoms with Gasteiger partial charge in [-0.15, -0.1) is 0 Å². The topological polar surface area (TPSA) is 61.4 Å². The summed E-state index contributed by atoms with van der Waals surface area (Å²) in [5, 5.41) is 6.88. The molecule has 1 aromatic rings. The molecule has 1 aromatic carbocycles. The smallest absolute Gasteiger partial charge is 0.190 e. The van der Waals surface area contributed by atoms with Crippen molar-refractivity contribution in [2.75, 3.05) is 72.7 Å². The SMILES string of the molecule is CN=C(NCCCOC1CCN(Cc2ccccc2)CC1)NCC(C)CN1CCOCC1. The molecule has 3 rings (SSSR count). The Kier molecular flexibility index (Phi) is 11.3. The number of likely N-dealkylation sites (tertiary alicyclic amines) is 1. The van der Waals surface area contributed by atoms with Gasteiger partial charge in [-0.1, -0.05) is 37.3 Å². The zero-order chi connectivity index (χ0) is 22.4. The standard InChI is InChI=1S/C25H43N5O2/c1-22(20-30-14-17-31-18-15-30)19-28-25(26-2)27-11-6-16-32-24-9-12-29(13-10-24)21-23-7-4-3-5-8-23/h3-5,7-8,22,24H,6,9-21H2,1-2H3,(H2,26,27,28). The second-order valence-corrected chi connectivity index (χ2v) is 9.08. The van der Waals surface area contributed by atoms with Crippen LogP contribution in [0.15, 0.2) is 35.3 Å². The van der Waals surface area contributed by atoms with Crippen molar-refractivity contribution in [2.45, 2.75) is 38.8 Å². The maximum Gasteiger partial charge on any atom is 0.190 e. The molecule has 0 aromatic heterocycles. The summed E-state index contributed by atoms with van der Waals surface area (Å²) < 4.78 is 11.6. The lowest BCUT2D eigenvalue weighted by Gasteiger charge is -2.32.